The molecule has 0 fully saturated rings. The van der Waals surface area contributed by atoms with E-state index in [2.05, 4.69) is 5.32 Å². The van der Waals surface area contributed by atoms with Gasteiger partial charge in [-0.15, -0.1) is 0 Å². The lowest BCUT2D eigenvalue weighted by Gasteiger charge is -2.17. The number of ether oxygens (including phenoxy) is 1. The van der Waals surface area contributed by atoms with Gasteiger partial charge in [-0.3, -0.25) is 4.79 Å². The molecule has 2 N–H and O–H groups in total. The van der Waals surface area contributed by atoms with E-state index in [0.717, 1.165) is 16.5 Å². The van der Waals surface area contributed by atoms with E-state index in [9.17, 15) is 19.1 Å². The largest absolute Gasteiger partial charge is 0.496 e. The summed E-state index contributed by atoms with van der Waals surface area (Å²) in [7, 11) is 1.51. The molecule has 1 heterocycles. The summed E-state index contributed by atoms with van der Waals surface area (Å²) < 4.78 is 24.4. The molecule has 0 bridgehead atoms. The first-order valence-corrected chi connectivity index (χ1v) is 9.78. The first-order valence-electron chi connectivity index (χ1n) is 9.78. The Kier molecular flexibility index (Phi) is 6.44. The summed E-state index contributed by atoms with van der Waals surface area (Å²) >= 11 is 0. The highest BCUT2D eigenvalue weighted by atomic mass is 19.1. The van der Waals surface area contributed by atoms with Crippen LogP contribution in [0.1, 0.15) is 26.3 Å². The molecule has 0 saturated heterocycles. The molecule has 0 spiro atoms. The summed E-state index contributed by atoms with van der Waals surface area (Å²) in [6, 6.07) is 8.66. The van der Waals surface area contributed by atoms with E-state index in [-0.39, 0.29) is 11.7 Å². The standard InChI is InChI=1S/C24H24FNO5/c1-13(2)23(24(28)29)26-22(27)9-14(3)17-10-18-19(15-5-7-16(25)8-6-15)12-31-21(18)11-20(17)30-4/h5-13,23H,1-4H3,(H,26,27)(H,28,29)/b14-9+. The molecule has 6 nitrogen and oxygen atoms in total. The molecule has 0 aliphatic carbocycles. The predicted molar refractivity (Wildman–Crippen MR) is 116 cm³/mol. The lowest BCUT2D eigenvalue weighted by atomic mass is 9.99. The van der Waals surface area contributed by atoms with Crippen molar-refractivity contribution in [2.75, 3.05) is 7.11 Å². The third kappa shape index (κ3) is 4.77. The number of carboxylic acids is 1. The summed E-state index contributed by atoms with van der Waals surface area (Å²) in [5, 5.41) is 12.6. The molecule has 1 atom stereocenters. The van der Waals surface area contributed by atoms with E-state index < -0.39 is 17.9 Å². The Hall–Kier alpha value is -3.61. The van der Waals surface area contributed by atoms with Gasteiger partial charge >= 0.3 is 5.97 Å². The van der Waals surface area contributed by atoms with E-state index in [4.69, 9.17) is 9.15 Å². The average Bonchev–Trinajstić information content (AvgIpc) is 3.14. The second-order valence-corrected chi connectivity index (χ2v) is 7.60. The van der Waals surface area contributed by atoms with Gasteiger partial charge in [-0.05, 0) is 42.2 Å². The minimum Gasteiger partial charge on any atom is -0.496 e. The lowest BCUT2D eigenvalue weighted by molar-refractivity contribution is -0.142. The van der Waals surface area contributed by atoms with Crippen molar-refractivity contribution in [1.29, 1.82) is 0 Å². The summed E-state index contributed by atoms with van der Waals surface area (Å²) in [6.07, 6.45) is 2.94. The maximum absolute atomic E-state index is 13.3. The van der Waals surface area contributed by atoms with Gasteiger partial charge in [-0.1, -0.05) is 26.0 Å². The Bertz CT molecular complexity index is 1140. The molecule has 31 heavy (non-hydrogen) atoms. The summed E-state index contributed by atoms with van der Waals surface area (Å²) in [5.41, 5.74) is 3.41. The molecule has 0 aliphatic heterocycles. The van der Waals surface area contributed by atoms with Crippen LogP contribution in [-0.4, -0.2) is 30.1 Å². The molecule has 7 heteroatoms. The van der Waals surface area contributed by atoms with Crippen molar-refractivity contribution in [1.82, 2.24) is 5.32 Å². The number of benzene rings is 2. The normalized spacial score (nSPS) is 12.8. The van der Waals surface area contributed by atoms with Crippen LogP contribution in [-0.2, 0) is 9.59 Å². The fraction of sp³-hybridized carbons (Fsp3) is 0.250. The molecule has 0 aliphatic rings. The van der Waals surface area contributed by atoms with Gasteiger partial charge in [0.05, 0.1) is 13.4 Å². The van der Waals surface area contributed by atoms with Crippen LogP contribution in [0, 0.1) is 11.7 Å². The number of methoxy groups -OCH3 is 1. The Balaban J connectivity index is 2.00. The van der Waals surface area contributed by atoms with Crippen LogP contribution < -0.4 is 10.1 Å². The lowest BCUT2D eigenvalue weighted by Crippen LogP contribution is -2.43. The molecule has 1 amide bonds. The van der Waals surface area contributed by atoms with Crippen LogP contribution in [0.3, 0.4) is 0 Å². The minimum atomic E-state index is -1.09. The van der Waals surface area contributed by atoms with E-state index in [0.29, 0.717) is 22.5 Å². The molecule has 3 rings (SSSR count). The molecule has 0 radical (unpaired) electrons. The van der Waals surface area contributed by atoms with Crippen LogP contribution in [0.25, 0.3) is 27.7 Å². The topological polar surface area (TPSA) is 88.8 Å². The highest BCUT2D eigenvalue weighted by molar-refractivity contribution is 6.01. The average molecular weight is 425 g/mol. The molecular weight excluding hydrogens is 401 g/mol. The monoisotopic (exact) mass is 425 g/mol. The second-order valence-electron chi connectivity index (χ2n) is 7.60. The van der Waals surface area contributed by atoms with Gasteiger partial charge in [-0.25, -0.2) is 9.18 Å². The van der Waals surface area contributed by atoms with E-state index >= 15 is 0 Å². The Morgan fingerprint density at radius 2 is 1.87 bits per heavy atom. The van der Waals surface area contributed by atoms with Gasteiger partial charge < -0.3 is 19.6 Å². The quantitative estimate of drug-likeness (QED) is 0.527. The molecule has 1 unspecified atom stereocenters. The van der Waals surface area contributed by atoms with Crippen LogP contribution in [0.4, 0.5) is 4.39 Å². The number of fused-ring (bicyclic) bond motifs is 1. The first kappa shape index (κ1) is 22.1. The van der Waals surface area contributed by atoms with Gasteiger partial charge in [0.25, 0.3) is 0 Å². The number of carbonyl (C=O) groups excluding carboxylic acids is 1. The van der Waals surface area contributed by atoms with Crippen molar-refractivity contribution in [2.45, 2.75) is 26.8 Å². The number of allylic oxidation sites excluding steroid dienone is 1. The van der Waals surface area contributed by atoms with Gasteiger partial charge in [0, 0.05) is 28.7 Å². The predicted octanol–water partition coefficient (Wildman–Crippen LogP) is 4.88. The number of amides is 1. The number of furan rings is 1. The third-order valence-electron chi connectivity index (χ3n) is 5.05. The van der Waals surface area contributed by atoms with Gasteiger partial charge in [0.1, 0.15) is 23.2 Å². The zero-order valence-electron chi connectivity index (χ0n) is 17.7. The summed E-state index contributed by atoms with van der Waals surface area (Å²) in [6.45, 7) is 5.19. The van der Waals surface area contributed by atoms with Crippen LogP contribution in [0.15, 0.2) is 53.2 Å². The zero-order valence-corrected chi connectivity index (χ0v) is 17.7. The molecule has 2 aromatic carbocycles. The van der Waals surface area contributed by atoms with Gasteiger partial charge in [-0.2, -0.15) is 0 Å². The Labute approximate surface area is 179 Å². The molecule has 162 valence electrons. The number of aliphatic carboxylic acids is 1. The number of hydrogen-bond acceptors (Lipinski definition) is 4. The smallest absolute Gasteiger partial charge is 0.326 e. The van der Waals surface area contributed by atoms with Gasteiger partial charge in [0.2, 0.25) is 5.91 Å². The molecular formula is C24H24FNO5. The van der Waals surface area contributed by atoms with Crippen molar-refractivity contribution < 1.29 is 28.2 Å². The molecule has 1 aromatic heterocycles. The van der Waals surface area contributed by atoms with Crippen molar-refractivity contribution in [2.24, 2.45) is 5.92 Å². The first-order chi connectivity index (χ1) is 14.7. The second kappa shape index (κ2) is 9.04. The van der Waals surface area contributed by atoms with E-state index in [1.807, 2.05) is 6.07 Å². The maximum Gasteiger partial charge on any atom is 0.326 e. The fourth-order valence-electron chi connectivity index (χ4n) is 3.37. The number of nitrogens with one attached hydrogen (secondary N) is 1. The van der Waals surface area contributed by atoms with Gasteiger partial charge in [0.15, 0.2) is 0 Å². The maximum atomic E-state index is 13.3. The number of carbonyl (C=O) groups is 2. The van der Waals surface area contributed by atoms with Crippen LogP contribution in [0.2, 0.25) is 0 Å². The van der Waals surface area contributed by atoms with E-state index in [1.165, 1.54) is 25.3 Å². The third-order valence-corrected chi connectivity index (χ3v) is 5.05. The van der Waals surface area contributed by atoms with Crippen molar-refractivity contribution in [3.63, 3.8) is 0 Å². The van der Waals surface area contributed by atoms with Crippen molar-refractivity contribution in [3.8, 4) is 16.9 Å². The number of hydrogen-bond donors (Lipinski definition) is 2. The SMILES string of the molecule is COc1cc2occ(-c3ccc(F)cc3)c2cc1/C(C)=C/C(=O)NC(C(=O)O)C(C)C. The number of carboxylic acid groups (broad SMARTS) is 1. The summed E-state index contributed by atoms with van der Waals surface area (Å²) in [4.78, 5) is 23.8. The zero-order chi connectivity index (χ0) is 22.7. The Morgan fingerprint density at radius 3 is 2.45 bits per heavy atom. The molecule has 0 saturated carbocycles. The van der Waals surface area contributed by atoms with Crippen LogP contribution >= 0.6 is 0 Å². The van der Waals surface area contributed by atoms with Crippen LogP contribution in [0.5, 0.6) is 5.75 Å². The summed E-state index contributed by atoms with van der Waals surface area (Å²) in [5.74, 6) is -1.68. The van der Waals surface area contributed by atoms with Crippen molar-refractivity contribution in [3.05, 3.63) is 60.1 Å². The number of rotatable bonds is 7. The fourth-order valence-corrected chi connectivity index (χ4v) is 3.37. The number of halogens is 1. The minimum absolute atomic E-state index is 0.259. The molecule has 3 aromatic rings. The van der Waals surface area contributed by atoms with Crippen molar-refractivity contribution >= 4 is 28.4 Å². The van der Waals surface area contributed by atoms with E-state index in [1.54, 1.807) is 45.2 Å². The Morgan fingerprint density at radius 1 is 1.19 bits per heavy atom. The highest BCUT2D eigenvalue weighted by Crippen LogP contribution is 2.37. The highest BCUT2D eigenvalue weighted by Gasteiger charge is 2.23.